The van der Waals surface area contributed by atoms with Crippen molar-refractivity contribution in [3.05, 3.63) is 72.1 Å². The van der Waals surface area contributed by atoms with Crippen molar-refractivity contribution >= 4 is 31.9 Å². The maximum atomic E-state index is 12.0. The fourth-order valence-electron chi connectivity index (χ4n) is 4.43. The standard InChI is InChI=1S/C28H29NO4S2/c1-35(30,31)27-19-22(20-34-27)26-14-9-21-7-3-4-8-25(21)28(26)33-24-12-10-23(11-13-24)32-18-17-29-15-5-2-6-16-29/h3-4,7-14,19-20H,2,5-6,15-18H2,1H3. The molecule has 35 heavy (non-hydrogen) atoms. The summed E-state index contributed by atoms with van der Waals surface area (Å²) in [5, 5.41) is 3.90. The van der Waals surface area contributed by atoms with Crippen LogP contribution in [0.15, 0.2) is 76.3 Å². The molecule has 7 heteroatoms. The summed E-state index contributed by atoms with van der Waals surface area (Å²) in [7, 11) is -3.26. The van der Waals surface area contributed by atoms with E-state index >= 15 is 0 Å². The lowest BCUT2D eigenvalue weighted by Crippen LogP contribution is -2.33. The van der Waals surface area contributed by atoms with E-state index in [4.69, 9.17) is 9.47 Å². The summed E-state index contributed by atoms with van der Waals surface area (Å²) < 4.78 is 36.8. The molecule has 1 saturated heterocycles. The van der Waals surface area contributed by atoms with Crippen LogP contribution in [0.1, 0.15) is 19.3 Å². The Kier molecular flexibility index (Phi) is 7.09. The maximum absolute atomic E-state index is 12.0. The van der Waals surface area contributed by atoms with E-state index in [9.17, 15) is 8.42 Å². The van der Waals surface area contributed by atoms with Gasteiger partial charge in [-0.15, -0.1) is 11.3 Å². The van der Waals surface area contributed by atoms with Crippen molar-refractivity contribution < 1.29 is 17.9 Å². The normalized spacial score (nSPS) is 14.8. The van der Waals surface area contributed by atoms with Gasteiger partial charge in [-0.1, -0.05) is 36.8 Å². The van der Waals surface area contributed by atoms with Crippen molar-refractivity contribution in [3.63, 3.8) is 0 Å². The van der Waals surface area contributed by atoms with E-state index in [-0.39, 0.29) is 0 Å². The van der Waals surface area contributed by atoms with Gasteiger partial charge in [0, 0.05) is 29.1 Å². The Balaban J connectivity index is 1.37. The number of fused-ring (bicyclic) bond motifs is 1. The molecule has 0 unspecified atom stereocenters. The minimum absolute atomic E-state index is 0.345. The van der Waals surface area contributed by atoms with Crippen LogP contribution >= 0.6 is 11.3 Å². The van der Waals surface area contributed by atoms with Gasteiger partial charge in [-0.05, 0) is 73.3 Å². The Hall–Kier alpha value is -2.87. The fraction of sp³-hybridized carbons (Fsp3) is 0.286. The molecule has 0 saturated carbocycles. The first-order valence-electron chi connectivity index (χ1n) is 11.9. The number of ether oxygens (including phenoxy) is 2. The van der Waals surface area contributed by atoms with E-state index in [0.717, 1.165) is 34.2 Å². The average molecular weight is 508 g/mol. The van der Waals surface area contributed by atoms with E-state index in [1.54, 1.807) is 6.07 Å². The largest absolute Gasteiger partial charge is 0.492 e. The van der Waals surface area contributed by atoms with Crippen molar-refractivity contribution in [2.45, 2.75) is 23.5 Å². The summed E-state index contributed by atoms with van der Waals surface area (Å²) in [5.74, 6) is 2.23. The van der Waals surface area contributed by atoms with Gasteiger partial charge in [0.15, 0.2) is 9.84 Å². The molecule has 0 bridgehead atoms. The molecule has 5 rings (SSSR count). The molecule has 1 fully saturated rings. The predicted molar refractivity (Wildman–Crippen MR) is 143 cm³/mol. The molecule has 0 radical (unpaired) electrons. The van der Waals surface area contributed by atoms with Crippen molar-refractivity contribution in [1.82, 2.24) is 4.90 Å². The SMILES string of the molecule is CS(=O)(=O)c1cc(-c2ccc3ccccc3c2Oc2ccc(OCCN3CCCCC3)cc2)cs1. The molecular formula is C28H29NO4S2. The number of likely N-dealkylation sites (tertiary alicyclic amines) is 1. The van der Waals surface area contributed by atoms with E-state index in [1.165, 1.54) is 49.9 Å². The number of piperidine rings is 1. The zero-order valence-corrected chi connectivity index (χ0v) is 21.4. The number of hydrogen-bond donors (Lipinski definition) is 0. The summed E-state index contributed by atoms with van der Waals surface area (Å²) in [4.78, 5) is 2.46. The third-order valence-electron chi connectivity index (χ3n) is 6.30. The van der Waals surface area contributed by atoms with Crippen LogP contribution in [-0.4, -0.2) is 45.8 Å². The molecule has 5 nitrogen and oxygen atoms in total. The second-order valence-electron chi connectivity index (χ2n) is 8.91. The molecular weight excluding hydrogens is 478 g/mol. The maximum Gasteiger partial charge on any atom is 0.184 e. The lowest BCUT2D eigenvalue weighted by atomic mass is 10.0. The second kappa shape index (κ2) is 10.4. The molecule has 182 valence electrons. The molecule has 1 aliphatic rings. The van der Waals surface area contributed by atoms with Gasteiger partial charge >= 0.3 is 0 Å². The number of benzene rings is 3. The zero-order chi connectivity index (χ0) is 24.3. The van der Waals surface area contributed by atoms with Gasteiger partial charge in [-0.25, -0.2) is 8.42 Å². The number of sulfone groups is 1. The predicted octanol–water partition coefficient (Wildman–Crippen LogP) is 6.63. The van der Waals surface area contributed by atoms with Gasteiger partial charge in [-0.3, -0.25) is 4.90 Å². The number of nitrogens with zero attached hydrogens (tertiary/aromatic N) is 1. The van der Waals surface area contributed by atoms with Gasteiger partial charge in [0.05, 0.1) is 0 Å². The first-order valence-corrected chi connectivity index (χ1v) is 14.7. The van der Waals surface area contributed by atoms with Crippen molar-refractivity contribution in [2.75, 3.05) is 32.5 Å². The van der Waals surface area contributed by atoms with Crippen LogP contribution in [0, 0.1) is 0 Å². The summed E-state index contributed by atoms with van der Waals surface area (Å²) in [6, 6.07) is 21.5. The van der Waals surface area contributed by atoms with Gasteiger partial charge in [0.1, 0.15) is 28.1 Å². The Morgan fingerprint density at radius 1 is 0.914 bits per heavy atom. The molecule has 1 aliphatic heterocycles. The van der Waals surface area contributed by atoms with Crippen molar-refractivity contribution in [3.8, 4) is 28.4 Å². The summed E-state index contributed by atoms with van der Waals surface area (Å²) in [6.45, 7) is 3.96. The molecule has 0 atom stereocenters. The molecule has 0 N–H and O–H groups in total. The summed E-state index contributed by atoms with van der Waals surface area (Å²) in [5.41, 5.74) is 1.69. The third kappa shape index (κ3) is 5.69. The highest BCUT2D eigenvalue weighted by molar-refractivity contribution is 7.92. The molecule has 3 aromatic carbocycles. The smallest absolute Gasteiger partial charge is 0.184 e. The van der Waals surface area contributed by atoms with Gasteiger partial charge in [0.2, 0.25) is 0 Å². The minimum Gasteiger partial charge on any atom is -0.492 e. The number of thiophene rings is 1. The highest BCUT2D eigenvalue weighted by Crippen LogP contribution is 2.41. The minimum atomic E-state index is -3.26. The second-order valence-corrected chi connectivity index (χ2v) is 12.1. The van der Waals surface area contributed by atoms with E-state index in [2.05, 4.69) is 4.90 Å². The Morgan fingerprint density at radius 2 is 1.66 bits per heavy atom. The number of rotatable bonds is 8. The van der Waals surface area contributed by atoms with E-state index < -0.39 is 9.84 Å². The molecule has 1 aromatic heterocycles. The fourth-order valence-corrected chi connectivity index (χ4v) is 6.25. The quantitative estimate of drug-likeness (QED) is 0.268. The monoisotopic (exact) mass is 507 g/mol. The topological polar surface area (TPSA) is 55.8 Å². The molecule has 2 heterocycles. The molecule has 0 amide bonds. The molecule has 0 spiro atoms. The van der Waals surface area contributed by atoms with Gasteiger partial charge in [-0.2, -0.15) is 0 Å². The number of hydrogen-bond acceptors (Lipinski definition) is 6. The third-order valence-corrected chi connectivity index (χ3v) is 9.07. The van der Waals surface area contributed by atoms with Gasteiger partial charge in [0.25, 0.3) is 0 Å². The average Bonchev–Trinajstić information content (AvgIpc) is 3.37. The van der Waals surface area contributed by atoms with Crippen LogP contribution in [0.5, 0.6) is 17.2 Å². The highest BCUT2D eigenvalue weighted by Gasteiger charge is 2.17. The Bertz CT molecular complexity index is 1400. The van der Waals surface area contributed by atoms with E-state index in [0.29, 0.717) is 22.3 Å². The van der Waals surface area contributed by atoms with Crippen LogP contribution in [0.2, 0.25) is 0 Å². The van der Waals surface area contributed by atoms with Gasteiger partial charge < -0.3 is 9.47 Å². The van der Waals surface area contributed by atoms with Crippen LogP contribution < -0.4 is 9.47 Å². The zero-order valence-electron chi connectivity index (χ0n) is 19.8. The lowest BCUT2D eigenvalue weighted by molar-refractivity contribution is 0.183. The molecule has 0 aliphatic carbocycles. The molecule has 4 aromatic rings. The Morgan fingerprint density at radius 3 is 2.40 bits per heavy atom. The van der Waals surface area contributed by atoms with Crippen LogP contribution in [0.3, 0.4) is 0 Å². The van der Waals surface area contributed by atoms with Crippen LogP contribution in [-0.2, 0) is 9.84 Å². The van der Waals surface area contributed by atoms with Crippen molar-refractivity contribution in [1.29, 1.82) is 0 Å². The lowest BCUT2D eigenvalue weighted by Gasteiger charge is -2.26. The summed E-state index contributed by atoms with van der Waals surface area (Å²) in [6.07, 6.45) is 5.13. The Labute approximate surface area is 210 Å². The van der Waals surface area contributed by atoms with E-state index in [1.807, 2.05) is 66.0 Å². The first kappa shape index (κ1) is 23.9. The van der Waals surface area contributed by atoms with Crippen LogP contribution in [0.4, 0.5) is 0 Å². The first-order chi connectivity index (χ1) is 17.0. The summed E-state index contributed by atoms with van der Waals surface area (Å²) >= 11 is 1.23. The van der Waals surface area contributed by atoms with Crippen molar-refractivity contribution in [2.24, 2.45) is 0 Å². The highest BCUT2D eigenvalue weighted by atomic mass is 32.2. The van der Waals surface area contributed by atoms with Crippen LogP contribution in [0.25, 0.3) is 21.9 Å².